The molecule has 0 aliphatic heterocycles. The van der Waals surface area contributed by atoms with Crippen molar-refractivity contribution >= 4 is 17.5 Å². The summed E-state index contributed by atoms with van der Waals surface area (Å²) in [6.07, 6.45) is -5.38. The van der Waals surface area contributed by atoms with Crippen molar-refractivity contribution in [3.63, 3.8) is 0 Å². The van der Waals surface area contributed by atoms with E-state index in [1.165, 1.54) is 6.07 Å². The van der Waals surface area contributed by atoms with E-state index in [-0.39, 0.29) is 17.4 Å². The van der Waals surface area contributed by atoms with Gasteiger partial charge in [0, 0.05) is 17.4 Å². The molecule has 0 saturated carbocycles. The molecule has 2 aromatic carbocycles. The molecule has 128 valence electrons. The van der Waals surface area contributed by atoms with Gasteiger partial charge in [-0.1, -0.05) is 18.2 Å². The highest BCUT2D eigenvalue weighted by molar-refractivity contribution is 5.87. The fraction of sp³-hybridized carbons (Fsp3) is 0.235. The first-order chi connectivity index (χ1) is 11.2. The van der Waals surface area contributed by atoms with Crippen molar-refractivity contribution in [1.82, 2.24) is 0 Å². The summed E-state index contributed by atoms with van der Waals surface area (Å²) in [7, 11) is 0. The van der Waals surface area contributed by atoms with Gasteiger partial charge in [-0.25, -0.2) is 4.79 Å². The van der Waals surface area contributed by atoms with E-state index >= 15 is 0 Å². The minimum Gasteiger partial charge on any atom is -0.410 e. The van der Waals surface area contributed by atoms with Gasteiger partial charge in [0.05, 0.1) is 5.56 Å². The monoisotopic (exact) mass is 338 g/mol. The Hall–Kier alpha value is -2.70. The van der Waals surface area contributed by atoms with Gasteiger partial charge in [0.25, 0.3) is 0 Å². The van der Waals surface area contributed by atoms with Crippen molar-refractivity contribution in [2.24, 2.45) is 0 Å². The van der Waals surface area contributed by atoms with Crippen LogP contribution in [0.3, 0.4) is 0 Å². The molecule has 0 unspecified atom stereocenters. The van der Waals surface area contributed by atoms with Gasteiger partial charge in [0.2, 0.25) is 0 Å². The maximum Gasteiger partial charge on any atom is 0.417 e. The molecule has 7 heteroatoms. The fourth-order valence-corrected chi connectivity index (χ4v) is 2.02. The van der Waals surface area contributed by atoms with Crippen molar-refractivity contribution < 1.29 is 22.7 Å². The van der Waals surface area contributed by atoms with Crippen molar-refractivity contribution in [3.8, 4) is 5.75 Å². The second kappa shape index (κ2) is 7.25. The van der Waals surface area contributed by atoms with E-state index in [1.54, 1.807) is 44.2 Å². The van der Waals surface area contributed by atoms with Gasteiger partial charge >= 0.3 is 12.3 Å². The summed E-state index contributed by atoms with van der Waals surface area (Å²) in [4.78, 5) is 11.8. The lowest BCUT2D eigenvalue weighted by molar-refractivity contribution is -0.137. The molecule has 2 N–H and O–H groups in total. The van der Waals surface area contributed by atoms with Crippen molar-refractivity contribution in [2.45, 2.75) is 26.1 Å². The first kappa shape index (κ1) is 17.7. The fourth-order valence-electron chi connectivity index (χ4n) is 2.02. The third-order valence-corrected chi connectivity index (χ3v) is 2.92. The maximum absolute atomic E-state index is 13.0. The molecule has 1 amide bonds. The quantitative estimate of drug-likeness (QED) is 0.812. The molecule has 0 aliphatic carbocycles. The van der Waals surface area contributed by atoms with Gasteiger partial charge in [-0.15, -0.1) is 0 Å². The minimum absolute atomic E-state index is 0.00564. The smallest absolute Gasteiger partial charge is 0.410 e. The minimum atomic E-state index is -4.52. The molecule has 4 nitrogen and oxygen atoms in total. The molecule has 0 heterocycles. The largest absolute Gasteiger partial charge is 0.417 e. The lowest BCUT2D eigenvalue weighted by Crippen LogP contribution is -2.18. The number of hydrogen-bond donors (Lipinski definition) is 2. The molecule has 0 aromatic heterocycles. The van der Waals surface area contributed by atoms with Crippen LogP contribution in [-0.4, -0.2) is 12.1 Å². The Balaban J connectivity index is 2.20. The van der Waals surface area contributed by atoms with Crippen LogP contribution >= 0.6 is 0 Å². The molecule has 0 fully saturated rings. The van der Waals surface area contributed by atoms with Crippen molar-refractivity contribution in [1.29, 1.82) is 0 Å². The van der Waals surface area contributed by atoms with Gasteiger partial charge in [-0.2, -0.15) is 13.2 Å². The number of para-hydroxylation sites is 1. The average Bonchev–Trinajstić information content (AvgIpc) is 2.46. The number of rotatable bonds is 4. The first-order valence-electron chi connectivity index (χ1n) is 7.27. The topological polar surface area (TPSA) is 50.4 Å². The van der Waals surface area contributed by atoms with E-state index in [0.717, 1.165) is 12.1 Å². The molecule has 0 bridgehead atoms. The number of amides is 1. The standard InChI is InChI=1S/C17H17F3N2O2/c1-11(2)21-13-8-12(17(18,19)20)9-14(10-13)22-16(23)24-15-6-4-3-5-7-15/h3-11,21H,1-2H3,(H,22,23). The van der Waals surface area contributed by atoms with Crippen LogP contribution in [0, 0.1) is 0 Å². The predicted molar refractivity (Wildman–Crippen MR) is 86.3 cm³/mol. The van der Waals surface area contributed by atoms with Crippen molar-refractivity contribution in [3.05, 3.63) is 54.1 Å². The Kier molecular flexibility index (Phi) is 5.33. The molecular formula is C17H17F3N2O2. The summed E-state index contributed by atoms with van der Waals surface area (Å²) in [6, 6.07) is 11.5. The van der Waals surface area contributed by atoms with Crippen LogP contribution in [0.4, 0.5) is 29.3 Å². The molecule has 24 heavy (non-hydrogen) atoms. The van der Waals surface area contributed by atoms with E-state index in [2.05, 4.69) is 10.6 Å². The van der Waals surface area contributed by atoms with E-state index in [4.69, 9.17) is 4.74 Å². The summed E-state index contributed by atoms with van der Waals surface area (Å²) in [5.41, 5.74) is -0.605. The molecule has 0 spiro atoms. The molecule has 0 atom stereocenters. The Morgan fingerprint density at radius 1 is 1.04 bits per heavy atom. The molecule has 2 rings (SSSR count). The Morgan fingerprint density at radius 2 is 1.67 bits per heavy atom. The first-order valence-corrected chi connectivity index (χ1v) is 7.27. The van der Waals surface area contributed by atoms with Gasteiger partial charge in [-0.3, -0.25) is 5.32 Å². The predicted octanol–water partition coefficient (Wildman–Crippen LogP) is 5.14. The van der Waals surface area contributed by atoms with Gasteiger partial charge in [0.15, 0.2) is 0 Å². The number of anilines is 2. The van der Waals surface area contributed by atoms with Gasteiger partial charge in [0.1, 0.15) is 5.75 Å². The Bertz CT molecular complexity index is 701. The normalized spacial score (nSPS) is 11.2. The third kappa shape index (κ3) is 5.19. The summed E-state index contributed by atoms with van der Waals surface area (Å²) in [5, 5.41) is 5.20. The second-order valence-electron chi connectivity index (χ2n) is 5.42. The van der Waals surface area contributed by atoms with Crippen LogP contribution in [0.15, 0.2) is 48.5 Å². The molecule has 0 radical (unpaired) electrons. The zero-order chi connectivity index (χ0) is 17.7. The average molecular weight is 338 g/mol. The van der Waals surface area contributed by atoms with Crippen LogP contribution in [0.2, 0.25) is 0 Å². The number of carbonyl (C=O) groups is 1. The summed E-state index contributed by atoms with van der Waals surface area (Å²) < 4.78 is 44.0. The zero-order valence-electron chi connectivity index (χ0n) is 13.1. The maximum atomic E-state index is 13.0. The lowest BCUT2D eigenvalue weighted by Gasteiger charge is -2.16. The van der Waals surface area contributed by atoms with Crippen LogP contribution in [0.5, 0.6) is 5.75 Å². The van der Waals surface area contributed by atoms with E-state index in [9.17, 15) is 18.0 Å². The summed E-state index contributed by atoms with van der Waals surface area (Å²) in [5.74, 6) is 0.294. The Labute approximate surface area is 137 Å². The zero-order valence-corrected chi connectivity index (χ0v) is 13.1. The number of carbonyl (C=O) groups excluding carboxylic acids is 1. The van der Waals surface area contributed by atoms with Gasteiger partial charge < -0.3 is 10.1 Å². The molecule has 0 saturated heterocycles. The number of nitrogens with one attached hydrogen (secondary N) is 2. The highest BCUT2D eigenvalue weighted by Crippen LogP contribution is 2.33. The van der Waals surface area contributed by atoms with Crippen LogP contribution in [0.1, 0.15) is 19.4 Å². The van der Waals surface area contributed by atoms with E-state index in [0.29, 0.717) is 5.75 Å². The third-order valence-electron chi connectivity index (χ3n) is 2.92. The number of ether oxygens (including phenoxy) is 1. The lowest BCUT2D eigenvalue weighted by atomic mass is 10.1. The van der Waals surface area contributed by atoms with E-state index in [1.807, 2.05) is 0 Å². The summed E-state index contributed by atoms with van der Waals surface area (Å²) >= 11 is 0. The highest BCUT2D eigenvalue weighted by Gasteiger charge is 2.31. The Morgan fingerprint density at radius 3 is 2.25 bits per heavy atom. The highest BCUT2D eigenvalue weighted by atomic mass is 19.4. The van der Waals surface area contributed by atoms with Gasteiger partial charge in [-0.05, 0) is 44.2 Å². The molecular weight excluding hydrogens is 321 g/mol. The molecule has 0 aliphatic rings. The van der Waals surface area contributed by atoms with Crippen LogP contribution < -0.4 is 15.4 Å². The van der Waals surface area contributed by atoms with Crippen LogP contribution in [0.25, 0.3) is 0 Å². The number of halogens is 3. The number of alkyl halides is 3. The van der Waals surface area contributed by atoms with Crippen LogP contribution in [-0.2, 0) is 6.18 Å². The molecule has 2 aromatic rings. The van der Waals surface area contributed by atoms with E-state index < -0.39 is 17.8 Å². The summed E-state index contributed by atoms with van der Waals surface area (Å²) in [6.45, 7) is 3.61. The SMILES string of the molecule is CC(C)Nc1cc(NC(=O)Oc2ccccc2)cc(C(F)(F)F)c1. The number of benzene rings is 2. The number of hydrogen-bond acceptors (Lipinski definition) is 3. The second-order valence-corrected chi connectivity index (χ2v) is 5.42. The van der Waals surface area contributed by atoms with Crippen molar-refractivity contribution in [2.75, 3.05) is 10.6 Å².